The molecule has 0 bridgehead atoms. The van der Waals surface area contributed by atoms with E-state index in [-0.39, 0.29) is 0 Å². The lowest BCUT2D eigenvalue weighted by Gasteiger charge is -2.36. The van der Waals surface area contributed by atoms with Gasteiger partial charge in [0.2, 0.25) is 10.0 Å². The molecule has 2 saturated heterocycles. The van der Waals surface area contributed by atoms with Gasteiger partial charge in [-0.05, 0) is 30.7 Å². The summed E-state index contributed by atoms with van der Waals surface area (Å²) < 4.78 is 38.1. The van der Waals surface area contributed by atoms with Crippen molar-refractivity contribution in [3.8, 4) is 5.75 Å². The molecule has 0 saturated carbocycles. The van der Waals surface area contributed by atoms with E-state index in [0.717, 1.165) is 58.0 Å². The highest BCUT2D eigenvalue weighted by molar-refractivity contribution is 7.89. The standard InChI is InChI=1S/C18H29N3O4S/c1-16-15-17(24-2)3-4-18(16)26(22,23)21-9-7-19(8-10-21)5-6-20-11-13-25-14-12-20/h3-4,15H,5-14H2,1-2H3. The molecule has 0 aromatic heterocycles. The minimum Gasteiger partial charge on any atom is -0.497 e. The summed E-state index contributed by atoms with van der Waals surface area (Å²) in [7, 11) is -1.87. The Kier molecular flexibility index (Phi) is 6.52. The van der Waals surface area contributed by atoms with E-state index in [4.69, 9.17) is 9.47 Å². The lowest BCUT2D eigenvalue weighted by Crippen LogP contribution is -2.50. The molecular formula is C18H29N3O4S. The fourth-order valence-electron chi connectivity index (χ4n) is 3.48. The zero-order chi connectivity index (χ0) is 18.6. The van der Waals surface area contributed by atoms with Crippen molar-refractivity contribution >= 4 is 10.0 Å². The summed E-state index contributed by atoms with van der Waals surface area (Å²) in [6.45, 7) is 10.1. The average molecular weight is 384 g/mol. The van der Waals surface area contributed by atoms with E-state index in [0.29, 0.717) is 23.7 Å². The van der Waals surface area contributed by atoms with Crippen molar-refractivity contribution in [3.05, 3.63) is 23.8 Å². The molecule has 0 aliphatic carbocycles. The molecule has 0 N–H and O–H groups in total. The SMILES string of the molecule is COc1ccc(S(=O)(=O)N2CCN(CCN3CCOCC3)CC2)c(C)c1. The number of nitrogens with zero attached hydrogens (tertiary/aromatic N) is 3. The van der Waals surface area contributed by atoms with Crippen molar-refractivity contribution in [1.29, 1.82) is 0 Å². The fourth-order valence-corrected chi connectivity index (χ4v) is 5.11. The summed E-state index contributed by atoms with van der Waals surface area (Å²) in [5.74, 6) is 0.675. The molecule has 26 heavy (non-hydrogen) atoms. The Labute approximate surface area is 156 Å². The molecule has 3 rings (SSSR count). The summed E-state index contributed by atoms with van der Waals surface area (Å²) in [6.07, 6.45) is 0. The van der Waals surface area contributed by atoms with Crippen LogP contribution in [0.4, 0.5) is 0 Å². The van der Waals surface area contributed by atoms with E-state index in [1.54, 1.807) is 29.6 Å². The first kappa shape index (κ1) is 19.6. The summed E-state index contributed by atoms with van der Waals surface area (Å²) in [6, 6.07) is 5.12. The van der Waals surface area contributed by atoms with Gasteiger partial charge in [0, 0.05) is 52.4 Å². The van der Waals surface area contributed by atoms with Crippen molar-refractivity contribution in [3.63, 3.8) is 0 Å². The Hall–Kier alpha value is -1.19. The molecule has 0 amide bonds. The fraction of sp³-hybridized carbons (Fsp3) is 0.667. The summed E-state index contributed by atoms with van der Waals surface area (Å²) in [4.78, 5) is 5.13. The van der Waals surface area contributed by atoms with E-state index in [9.17, 15) is 8.42 Å². The molecule has 2 aliphatic heterocycles. The number of morpholine rings is 1. The van der Waals surface area contributed by atoms with Crippen LogP contribution in [0.2, 0.25) is 0 Å². The number of hydrogen-bond acceptors (Lipinski definition) is 6. The van der Waals surface area contributed by atoms with Gasteiger partial charge in [0.25, 0.3) is 0 Å². The maximum Gasteiger partial charge on any atom is 0.243 e. The zero-order valence-electron chi connectivity index (χ0n) is 15.7. The number of piperazine rings is 1. The minimum atomic E-state index is -3.45. The monoisotopic (exact) mass is 383 g/mol. The zero-order valence-corrected chi connectivity index (χ0v) is 16.5. The first-order chi connectivity index (χ1) is 12.5. The third kappa shape index (κ3) is 4.55. The number of methoxy groups -OCH3 is 1. The number of benzene rings is 1. The molecule has 7 nitrogen and oxygen atoms in total. The van der Waals surface area contributed by atoms with Crippen LogP contribution in [-0.4, -0.2) is 95.2 Å². The van der Waals surface area contributed by atoms with Crippen molar-refractivity contribution in [1.82, 2.24) is 14.1 Å². The van der Waals surface area contributed by atoms with E-state index in [1.807, 2.05) is 6.92 Å². The number of aryl methyl sites for hydroxylation is 1. The Morgan fingerprint density at radius 2 is 1.62 bits per heavy atom. The Morgan fingerprint density at radius 1 is 1.00 bits per heavy atom. The van der Waals surface area contributed by atoms with E-state index in [2.05, 4.69) is 9.80 Å². The van der Waals surface area contributed by atoms with Gasteiger partial charge in [-0.3, -0.25) is 9.80 Å². The molecule has 146 valence electrons. The summed E-state index contributed by atoms with van der Waals surface area (Å²) in [5, 5.41) is 0. The topological polar surface area (TPSA) is 62.3 Å². The Balaban J connectivity index is 1.55. The van der Waals surface area contributed by atoms with Gasteiger partial charge >= 0.3 is 0 Å². The molecule has 0 atom stereocenters. The van der Waals surface area contributed by atoms with Crippen LogP contribution in [0.1, 0.15) is 5.56 Å². The lowest BCUT2D eigenvalue weighted by atomic mass is 10.2. The van der Waals surface area contributed by atoms with Crippen LogP contribution in [0, 0.1) is 6.92 Å². The van der Waals surface area contributed by atoms with Crippen LogP contribution in [0.5, 0.6) is 5.75 Å². The van der Waals surface area contributed by atoms with E-state index in [1.165, 1.54) is 0 Å². The molecule has 0 unspecified atom stereocenters. The predicted octanol–water partition coefficient (Wildman–Crippen LogP) is 0.642. The highest BCUT2D eigenvalue weighted by Gasteiger charge is 2.29. The van der Waals surface area contributed by atoms with Crippen LogP contribution in [0.3, 0.4) is 0 Å². The van der Waals surface area contributed by atoms with Gasteiger partial charge in [-0.25, -0.2) is 8.42 Å². The van der Waals surface area contributed by atoms with Crippen molar-refractivity contribution in [2.45, 2.75) is 11.8 Å². The third-order valence-electron chi connectivity index (χ3n) is 5.17. The second-order valence-electron chi connectivity index (χ2n) is 6.83. The molecule has 0 spiro atoms. The molecule has 0 radical (unpaired) electrons. The van der Waals surface area contributed by atoms with Gasteiger partial charge in [0.1, 0.15) is 5.75 Å². The highest BCUT2D eigenvalue weighted by Crippen LogP contribution is 2.24. The second-order valence-corrected chi connectivity index (χ2v) is 8.74. The lowest BCUT2D eigenvalue weighted by molar-refractivity contribution is 0.0317. The van der Waals surface area contributed by atoms with E-state index < -0.39 is 10.0 Å². The van der Waals surface area contributed by atoms with Gasteiger partial charge in [-0.1, -0.05) is 0 Å². The van der Waals surface area contributed by atoms with Crippen molar-refractivity contribution in [2.24, 2.45) is 0 Å². The van der Waals surface area contributed by atoms with Crippen molar-refractivity contribution in [2.75, 3.05) is 72.7 Å². The third-order valence-corrected chi connectivity index (χ3v) is 7.23. The maximum atomic E-state index is 13.0. The smallest absolute Gasteiger partial charge is 0.243 e. The van der Waals surface area contributed by atoms with Gasteiger partial charge < -0.3 is 9.47 Å². The molecular weight excluding hydrogens is 354 g/mol. The van der Waals surface area contributed by atoms with Crippen molar-refractivity contribution < 1.29 is 17.9 Å². The minimum absolute atomic E-state index is 0.375. The number of ether oxygens (including phenoxy) is 2. The summed E-state index contributed by atoms with van der Waals surface area (Å²) in [5.41, 5.74) is 0.721. The van der Waals surface area contributed by atoms with Crippen LogP contribution in [0.25, 0.3) is 0 Å². The van der Waals surface area contributed by atoms with Crippen LogP contribution < -0.4 is 4.74 Å². The number of rotatable bonds is 6. The average Bonchev–Trinajstić information content (AvgIpc) is 2.67. The molecule has 1 aromatic carbocycles. The maximum absolute atomic E-state index is 13.0. The highest BCUT2D eigenvalue weighted by atomic mass is 32.2. The molecule has 8 heteroatoms. The van der Waals surface area contributed by atoms with Gasteiger partial charge in [-0.2, -0.15) is 4.31 Å². The Morgan fingerprint density at radius 3 is 2.19 bits per heavy atom. The quantitative estimate of drug-likeness (QED) is 0.719. The first-order valence-electron chi connectivity index (χ1n) is 9.18. The summed E-state index contributed by atoms with van der Waals surface area (Å²) >= 11 is 0. The Bertz CT molecular complexity index is 696. The van der Waals surface area contributed by atoms with Crippen LogP contribution in [-0.2, 0) is 14.8 Å². The second kappa shape index (κ2) is 8.67. The number of hydrogen-bond donors (Lipinski definition) is 0. The van der Waals surface area contributed by atoms with Gasteiger partial charge in [0.05, 0.1) is 25.2 Å². The number of sulfonamides is 1. The molecule has 1 aromatic rings. The molecule has 2 aliphatic rings. The largest absolute Gasteiger partial charge is 0.497 e. The van der Waals surface area contributed by atoms with E-state index >= 15 is 0 Å². The van der Waals surface area contributed by atoms with Gasteiger partial charge in [-0.15, -0.1) is 0 Å². The van der Waals surface area contributed by atoms with Crippen LogP contribution in [0.15, 0.2) is 23.1 Å². The normalized spacial score (nSPS) is 21.0. The van der Waals surface area contributed by atoms with Crippen LogP contribution >= 0.6 is 0 Å². The van der Waals surface area contributed by atoms with Gasteiger partial charge in [0.15, 0.2) is 0 Å². The molecule has 2 fully saturated rings. The first-order valence-corrected chi connectivity index (χ1v) is 10.6. The predicted molar refractivity (Wildman–Crippen MR) is 100 cm³/mol. The molecule has 2 heterocycles.